The van der Waals surface area contributed by atoms with Crippen LogP contribution in [0, 0.1) is 12.8 Å². The first-order valence-electron chi connectivity index (χ1n) is 11.0. The number of aryl methyl sites for hydroxylation is 1. The summed E-state index contributed by atoms with van der Waals surface area (Å²) in [6.07, 6.45) is 10.3. The monoisotopic (exact) mass is 418 g/mol. The summed E-state index contributed by atoms with van der Waals surface area (Å²) in [4.78, 5) is 23.8. The second kappa shape index (κ2) is 9.54. The van der Waals surface area contributed by atoms with Crippen LogP contribution in [0.15, 0.2) is 59.9 Å². The topological polar surface area (TPSA) is 77.8 Å². The molecule has 6 heteroatoms. The number of pyridine rings is 1. The van der Waals surface area contributed by atoms with E-state index in [4.69, 9.17) is 15.2 Å². The first-order chi connectivity index (χ1) is 15.1. The van der Waals surface area contributed by atoms with Gasteiger partial charge in [-0.15, -0.1) is 0 Å². The highest BCUT2D eigenvalue weighted by atomic mass is 16.5. The van der Waals surface area contributed by atoms with Gasteiger partial charge in [0.25, 0.3) is 5.91 Å². The summed E-state index contributed by atoms with van der Waals surface area (Å²) in [7, 11) is 0. The fourth-order valence-corrected chi connectivity index (χ4v) is 4.84. The van der Waals surface area contributed by atoms with Gasteiger partial charge in [-0.1, -0.05) is 31.2 Å². The number of aliphatic imine (C=N–C) groups is 1. The van der Waals surface area contributed by atoms with Gasteiger partial charge in [0.15, 0.2) is 0 Å². The zero-order valence-corrected chi connectivity index (χ0v) is 18.2. The summed E-state index contributed by atoms with van der Waals surface area (Å²) in [5.74, 6) is -0.0711. The molecular formula is C25H30N4O2. The van der Waals surface area contributed by atoms with Crippen LogP contribution in [0.25, 0.3) is 0 Å². The molecule has 3 heterocycles. The standard InChI is InChI=1S/C25H30N4O2/c1-17-6-4-14-26-23(17)21-8-3-9-22(24-18(2)7-5-15-27-24)29(21)16-19-10-12-20(13-11-19)25(30)28-31/h4-6,10-15,18,21-22,31H,3,7-9,16H2,1-2H3,(H,28,30). The average Bonchev–Trinajstić information content (AvgIpc) is 2.80. The molecule has 2 aromatic rings. The minimum atomic E-state index is -0.499. The van der Waals surface area contributed by atoms with Crippen molar-refractivity contribution in [3.8, 4) is 0 Å². The Morgan fingerprint density at radius 3 is 2.68 bits per heavy atom. The second-order valence-electron chi connectivity index (χ2n) is 8.55. The Morgan fingerprint density at radius 1 is 1.19 bits per heavy atom. The lowest BCUT2D eigenvalue weighted by atomic mass is 9.84. The molecule has 2 aliphatic heterocycles. The summed E-state index contributed by atoms with van der Waals surface area (Å²) >= 11 is 0. The molecule has 1 aromatic carbocycles. The van der Waals surface area contributed by atoms with Gasteiger partial charge in [-0.2, -0.15) is 0 Å². The maximum atomic E-state index is 11.7. The Hall–Kier alpha value is -2.83. The summed E-state index contributed by atoms with van der Waals surface area (Å²) in [5.41, 5.74) is 6.87. The predicted octanol–water partition coefficient (Wildman–Crippen LogP) is 4.60. The van der Waals surface area contributed by atoms with Crippen LogP contribution in [0.1, 0.15) is 65.8 Å². The molecule has 2 N–H and O–H groups in total. The first kappa shape index (κ1) is 21.4. The van der Waals surface area contributed by atoms with Crippen LogP contribution in [0.3, 0.4) is 0 Å². The quantitative estimate of drug-likeness (QED) is 0.550. The first-order valence-corrected chi connectivity index (χ1v) is 11.0. The molecule has 1 saturated heterocycles. The summed E-state index contributed by atoms with van der Waals surface area (Å²) in [5, 5.41) is 8.88. The van der Waals surface area contributed by atoms with Crippen molar-refractivity contribution in [3.63, 3.8) is 0 Å². The highest BCUT2D eigenvalue weighted by Crippen LogP contribution is 2.38. The molecule has 6 nitrogen and oxygen atoms in total. The Morgan fingerprint density at radius 2 is 1.97 bits per heavy atom. The number of hydrogen-bond donors (Lipinski definition) is 2. The number of amides is 1. The van der Waals surface area contributed by atoms with E-state index in [1.54, 1.807) is 17.6 Å². The molecule has 4 rings (SSSR count). The van der Waals surface area contributed by atoms with Gasteiger partial charge < -0.3 is 0 Å². The van der Waals surface area contributed by atoms with Crippen LogP contribution in [-0.2, 0) is 6.54 Å². The fourth-order valence-electron chi connectivity index (χ4n) is 4.84. The van der Waals surface area contributed by atoms with Crippen LogP contribution in [0.2, 0.25) is 0 Å². The zero-order chi connectivity index (χ0) is 21.8. The molecule has 0 aliphatic carbocycles. The van der Waals surface area contributed by atoms with Crippen molar-refractivity contribution in [3.05, 3.63) is 77.3 Å². The van der Waals surface area contributed by atoms with E-state index in [1.807, 2.05) is 30.6 Å². The molecule has 0 radical (unpaired) electrons. The van der Waals surface area contributed by atoms with Gasteiger partial charge in [-0.3, -0.25) is 24.9 Å². The Balaban J connectivity index is 1.68. The molecule has 3 unspecified atom stereocenters. The maximum Gasteiger partial charge on any atom is 0.274 e. The van der Waals surface area contributed by atoms with Gasteiger partial charge in [0, 0.05) is 36.3 Å². The number of nitrogens with one attached hydrogen (secondary N) is 1. The van der Waals surface area contributed by atoms with Crippen molar-refractivity contribution in [1.82, 2.24) is 15.4 Å². The van der Waals surface area contributed by atoms with E-state index in [0.717, 1.165) is 43.5 Å². The lowest BCUT2D eigenvalue weighted by Gasteiger charge is -2.44. The van der Waals surface area contributed by atoms with Gasteiger partial charge in [-0.05, 0) is 67.9 Å². The predicted molar refractivity (Wildman–Crippen MR) is 121 cm³/mol. The van der Waals surface area contributed by atoms with E-state index in [0.29, 0.717) is 11.5 Å². The minimum Gasteiger partial charge on any atom is -0.288 e. The van der Waals surface area contributed by atoms with Crippen LogP contribution in [0.4, 0.5) is 0 Å². The van der Waals surface area contributed by atoms with Crippen molar-refractivity contribution in [2.24, 2.45) is 10.9 Å². The maximum absolute atomic E-state index is 11.7. The van der Waals surface area contributed by atoms with Crippen molar-refractivity contribution < 1.29 is 10.0 Å². The third-order valence-electron chi connectivity index (χ3n) is 6.47. The van der Waals surface area contributed by atoms with E-state index in [9.17, 15) is 4.79 Å². The molecule has 1 fully saturated rings. The van der Waals surface area contributed by atoms with E-state index < -0.39 is 5.91 Å². The van der Waals surface area contributed by atoms with Crippen molar-refractivity contribution >= 4 is 11.6 Å². The Bertz CT molecular complexity index is 983. The molecule has 0 bridgehead atoms. The Labute approximate surface area is 183 Å². The second-order valence-corrected chi connectivity index (χ2v) is 8.55. The molecular weight excluding hydrogens is 388 g/mol. The van der Waals surface area contributed by atoms with Crippen molar-refractivity contribution in [2.45, 2.75) is 58.2 Å². The highest BCUT2D eigenvalue weighted by Gasteiger charge is 2.37. The average molecular weight is 419 g/mol. The number of aromatic nitrogens is 1. The third kappa shape index (κ3) is 4.60. The number of likely N-dealkylation sites (tertiary alicyclic amines) is 1. The van der Waals surface area contributed by atoms with Crippen molar-refractivity contribution in [2.75, 3.05) is 0 Å². The van der Waals surface area contributed by atoms with Gasteiger partial charge in [0.05, 0.1) is 11.7 Å². The SMILES string of the molecule is Cc1cccnc1C1CCCC(C2=NC=CCC2C)N1Cc1ccc(C(=O)NO)cc1. The third-order valence-corrected chi connectivity index (χ3v) is 6.47. The fraction of sp³-hybridized carbons (Fsp3) is 0.400. The van der Waals surface area contributed by atoms with E-state index >= 15 is 0 Å². The number of nitrogens with zero attached hydrogens (tertiary/aromatic N) is 3. The summed E-state index contributed by atoms with van der Waals surface area (Å²) in [6, 6.07) is 12.0. The normalized spacial score (nSPS) is 24.0. The number of carbonyl (C=O) groups excluding carboxylic acids is 1. The molecule has 2 aliphatic rings. The number of rotatable bonds is 5. The largest absolute Gasteiger partial charge is 0.288 e. The van der Waals surface area contributed by atoms with E-state index in [1.165, 1.54) is 11.3 Å². The summed E-state index contributed by atoms with van der Waals surface area (Å²) in [6.45, 7) is 5.15. The number of hydroxylamine groups is 1. The number of hydrogen-bond acceptors (Lipinski definition) is 5. The van der Waals surface area contributed by atoms with E-state index in [-0.39, 0.29) is 12.1 Å². The lowest BCUT2D eigenvalue weighted by Crippen LogP contribution is -2.48. The lowest BCUT2D eigenvalue weighted by molar-refractivity contribution is 0.0706. The molecule has 162 valence electrons. The summed E-state index contributed by atoms with van der Waals surface area (Å²) < 4.78 is 0. The Kier molecular flexibility index (Phi) is 6.59. The molecule has 0 spiro atoms. The molecule has 0 saturated carbocycles. The van der Waals surface area contributed by atoms with Crippen LogP contribution in [-0.4, -0.2) is 32.8 Å². The molecule has 31 heavy (non-hydrogen) atoms. The van der Waals surface area contributed by atoms with Gasteiger partial charge >= 0.3 is 0 Å². The molecule has 1 amide bonds. The number of piperidine rings is 1. The van der Waals surface area contributed by atoms with Gasteiger partial charge in [-0.25, -0.2) is 5.48 Å². The van der Waals surface area contributed by atoms with Crippen LogP contribution < -0.4 is 5.48 Å². The molecule has 3 atom stereocenters. The smallest absolute Gasteiger partial charge is 0.274 e. The number of benzene rings is 1. The highest BCUT2D eigenvalue weighted by molar-refractivity contribution is 5.93. The van der Waals surface area contributed by atoms with Gasteiger partial charge in [0.2, 0.25) is 0 Å². The van der Waals surface area contributed by atoms with Crippen molar-refractivity contribution in [1.29, 1.82) is 0 Å². The number of carbonyl (C=O) groups is 1. The zero-order valence-electron chi connectivity index (χ0n) is 18.2. The van der Waals surface area contributed by atoms with Crippen LogP contribution >= 0.6 is 0 Å². The van der Waals surface area contributed by atoms with E-state index in [2.05, 4.69) is 30.9 Å². The van der Waals surface area contributed by atoms with Gasteiger partial charge in [0.1, 0.15) is 0 Å². The molecule has 1 aromatic heterocycles. The van der Waals surface area contributed by atoms with Crippen LogP contribution in [0.5, 0.6) is 0 Å². The number of allylic oxidation sites excluding steroid dienone is 1. The minimum absolute atomic E-state index is 0.223.